The van der Waals surface area contributed by atoms with Gasteiger partial charge >= 0.3 is 0 Å². The van der Waals surface area contributed by atoms with E-state index < -0.39 is 0 Å². The van der Waals surface area contributed by atoms with E-state index in [9.17, 15) is 4.79 Å². The number of halogens is 1. The molecule has 7 heteroatoms. The van der Waals surface area contributed by atoms with Gasteiger partial charge in [0.2, 0.25) is 11.9 Å². The van der Waals surface area contributed by atoms with Crippen molar-refractivity contribution in [3.8, 4) is 0 Å². The summed E-state index contributed by atoms with van der Waals surface area (Å²) >= 11 is 3.41. The van der Waals surface area contributed by atoms with E-state index in [2.05, 4.69) is 36.6 Å². The Labute approximate surface area is 119 Å². The van der Waals surface area contributed by atoms with E-state index in [4.69, 9.17) is 0 Å². The lowest BCUT2D eigenvalue weighted by Crippen LogP contribution is -2.26. The lowest BCUT2D eigenvalue weighted by molar-refractivity contribution is -0.120. The second kappa shape index (κ2) is 6.51. The van der Waals surface area contributed by atoms with Gasteiger partial charge in [-0.25, -0.2) is 4.52 Å². The van der Waals surface area contributed by atoms with Gasteiger partial charge in [0.15, 0.2) is 5.65 Å². The first kappa shape index (κ1) is 13.8. The van der Waals surface area contributed by atoms with Crippen LogP contribution >= 0.6 is 15.9 Å². The van der Waals surface area contributed by atoms with Crippen LogP contribution in [0.4, 0.5) is 5.95 Å². The molecule has 0 saturated carbocycles. The molecule has 2 N–H and O–H groups in total. The van der Waals surface area contributed by atoms with E-state index in [1.807, 2.05) is 25.3 Å². The highest BCUT2D eigenvalue weighted by molar-refractivity contribution is 9.10. The fourth-order valence-electron chi connectivity index (χ4n) is 1.59. The maximum atomic E-state index is 11.4. The van der Waals surface area contributed by atoms with Crippen LogP contribution in [0.2, 0.25) is 0 Å². The number of pyridine rings is 1. The van der Waals surface area contributed by atoms with E-state index in [-0.39, 0.29) is 5.91 Å². The average molecular weight is 326 g/mol. The number of nitrogens with one attached hydrogen (secondary N) is 2. The lowest BCUT2D eigenvalue weighted by Gasteiger charge is -2.03. The van der Waals surface area contributed by atoms with Gasteiger partial charge in [0.1, 0.15) is 0 Å². The smallest absolute Gasteiger partial charge is 0.243 e. The monoisotopic (exact) mass is 325 g/mol. The fraction of sp³-hybridized carbons (Fsp3) is 0.417. The van der Waals surface area contributed by atoms with Crippen LogP contribution in [0.5, 0.6) is 0 Å². The summed E-state index contributed by atoms with van der Waals surface area (Å²) in [6.07, 6.45) is 3.18. The number of nitrogens with zero attached hydrogens (tertiary/aromatic N) is 3. The molecule has 102 valence electrons. The molecule has 2 aromatic rings. The zero-order chi connectivity index (χ0) is 13.7. The molecule has 0 aliphatic carbocycles. The maximum Gasteiger partial charge on any atom is 0.243 e. The highest BCUT2D eigenvalue weighted by atomic mass is 79.9. The molecular formula is C12H16BrN5O. The molecule has 19 heavy (non-hydrogen) atoms. The Balaban J connectivity index is 1.88. The molecule has 1 amide bonds. The van der Waals surface area contributed by atoms with E-state index in [1.165, 1.54) is 0 Å². The van der Waals surface area contributed by atoms with Crippen molar-refractivity contribution in [2.75, 3.05) is 18.4 Å². The molecule has 2 aromatic heterocycles. The number of fused-ring (bicyclic) bond motifs is 1. The number of aromatic nitrogens is 3. The van der Waals surface area contributed by atoms with Crippen molar-refractivity contribution in [3.05, 3.63) is 22.8 Å². The van der Waals surface area contributed by atoms with Crippen molar-refractivity contribution >= 4 is 33.4 Å². The summed E-state index contributed by atoms with van der Waals surface area (Å²) in [6.45, 7) is 3.26. The summed E-state index contributed by atoms with van der Waals surface area (Å²) in [7, 11) is 0. The Hall–Kier alpha value is -1.63. The minimum atomic E-state index is 0.0410. The molecule has 0 fully saturated rings. The van der Waals surface area contributed by atoms with Gasteiger partial charge in [0, 0.05) is 25.7 Å². The molecule has 2 heterocycles. The SMILES string of the molecule is CCCNC(=O)CCNc1nc2c(Br)cccn2n1. The summed E-state index contributed by atoms with van der Waals surface area (Å²) in [5, 5.41) is 10.1. The van der Waals surface area contributed by atoms with Crippen LogP contribution in [0.1, 0.15) is 19.8 Å². The highest BCUT2D eigenvalue weighted by Crippen LogP contribution is 2.16. The lowest BCUT2D eigenvalue weighted by atomic mass is 10.4. The first-order valence-electron chi connectivity index (χ1n) is 6.22. The van der Waals surface area contributed by atoms with Gasteiger partial charge in [-0.3, -0.25) is 4.79 Å². The summed E-state index contributed by atoms with van der Waals surface area (Å²) in [4.78, 5) is 15.7. The van der Waals surface area contributed by atoms with Crippen molar-refractivity contribution in [2.45, 2.75) is 19.8 Å². The highest BCUT2D eigenvalue weighted by Gasteiger charge is 2.06. The number of amides is 1. The molecular weight excluding hydrogens is 310 g/mol. The second-order valence-corrected chi connectivity index (χ2v) is 4.94. The number of anilines is 1. The molecule has 2 rings (SSSR count). The standard InChI is InChI=1S/C12H16BrN5O/c1-2-6-14-10(19)5-7-15-12-16-11-9(13)4-3-8-18(11)17-12/h3-4,8H,2,5-7H2,1H3,(H,14,19)(H,15,17). The Morgan fingerprint density at radius 3 is 3.05 bits per heavy atom. The molecule has 6 nitrogen and oxygen atoms in total. The minimum absolute atomic E-state index is 0.0410. The Bertz CT molecular complexity index is 568. The largest absolute Gasteiger partial charge is 0.356 e. The number of hydrogen-bond acceptors (Lipinski definition) is 4. The van der Waals surface area contributed by atoms with Crippen LogP contribution in [0.25, 0.3) is 5.65 Å². The van der Waals surface area contributed by atoms with Gasteiger partial charge in [-0.1, -0.05) is 6.92 Å². The zero-order valence-electron chi connectivity index (χ0n) is 10.7. The third kappa shape index (κ3) is 3.66. The van der Waals surface area contributed by atoms with Crippen molar-refractivity contribution in [3.63, 3.8) is 0 Å². The topological polar surface area (TPSA) is 71.3 Å². The van der Waals surface area contributed by atoms with Crippen molar-refractivity contribution in [1.82, 2.24) is 19.9 Å². The number of carbonyl (C=O) groups is 1. The van der Waals surface area contributed by atoms with Gasteiger partial charge in [-0.2, -0.15) is 4.98 Å². The summed E-state index contributed by atoms with van der Waals surface area (Å²) < 4.78 is 2.57. The van der Waals surface area contributed by atoms with Crippen LogP contribution in [-0.4, -0.2) is 33.6 Å². The number of hydrogen-bond donors (Lipinski definition) is 2. The fourth-order valence-corrected chi connectivity index (χ4v) is 2.01. The van der Waals surface area contributed by atoms with Crippen LogP contribution in [-0.2, 0) is 4.79 Å². The molecule has 0 bridgehead atoms. The predicted molar refractivity (Wildman–Crippen MR) is 77.1 cm³/mol. The van der Waals surface area contributed by atoms with Crippen LogP contribution in [0.15, 0.2) is 22.8 Å². The van der Waals surface area contributed by atoms with Crippen molar-refractivity contribution in [2.24, 2.45) is 0 Å². The summed E-state index contributed by atoms with van der Waals surface area (Å²) in [5.74, 6) is 0.564. The van der Waals surface area contributed by atoms with E-state index in [0.717, 1.165) is 23.1 Å². The third-order valence-electron chi connectivity index (χ3n) is 2.52. The first-order valence-corrected chi connectivity index (χ1v) is 7.01. The maximum absolute atomic E-state index is 11.4. The van der Waals surface area contributed by atoms with Gasteiger partial charge in [-0.15, -0.1) is 5.10 Å². The first-order chi connectivity index (χ1) is 9.20. The molecule has 0 aliphatic rings. The molecule has 0 saturated heterocycles. The molecule has 0 aromatic carbocycles. The minimum Gasteiger partial charge on any atom is -0.356 e. The molecule has 0 atom stereocenters. The Morgan fingerprint density at radius 1 is 1.47 bits per heavy atom. The average Bonchev–Trinajstić information content (AvgIpc) is 2.81. The van der Waals surface area contributed by atoms with Gasteiger partial charge in [0.25, 0.3) is 0 Å². The Kier molecular flexibility index (Phi) is 4.73. The van der Waals surface area contributed by atoms with Crippen LogP contribution in [0, 0.1) is 0 Å². The summed E-state index contributed by atoms with van der Waals surface area (Å²) in [5.41, 5.74) is 0.750. The number of rotatable bonds is 6. The second-order valence-electron chi connectivity index (χ2n) is 4.09. The molecule has 0 aliphatic heterocycles. The van der Waals surface area contributed by atoms with E-state index in [0.29, 0.717) is 18.9 Å². The predicted octanol–water partition coefficient (Wildman–Crippen LogP) is 1.82. The normalized spacial score (nSPS) is 10.6. The van der Waals surface area contributed by atoms with Crippen molar-refractivity contribution < 1.29 is 4.79 Å². The molecule has 0 unspecified atom stereocenters. The summed E-state index contributed by atoms with van der Waals surface area (Å²) in [6, 6.07) is 3.79. The third-order valence-corrected chi connectivity index (χ3v) is 3.14. The zero-order valence-corrected chi connectivity index (χ0v) is 12.3. The van der Waals surface area contributed by atoms with Crippen molar-refractivity contribution in [1.29, 1.82) is 0 Å². The quantitative estimate of drug-likeness (QED) is 0.849. The van der Waals surface area contributed by atoms with E-state index in [1.54, 1.807) is 4.52 Å². The van der Waals surface area contributed by atoms with Gasteiger partial charge in [-0.05, 0) is 34.5 Å². The Morgan fingerprint density at radius 2 is 2.32 bits per heavy atom. The van der Waals surface area contributed by atoms with Crippen LogP contribution in [0.3, 0.4) is 0 Å². The number of carbonyl (C=O) groups excluding carboxylic acids is 1. The van der Waals surface area contributed by atoms with E-state index >= 15 is 0 Å². The molecule has 0 spiro atoms. The van der Waals surface area contributed by atoms with Crippen LogP contribution < -0.4 is 10.6 Å². The van der Waals surface area contributed by atoms with Gasteiger partial charge < -0.3 is 10.6 Å². The van der Waals surface area contributed by atoms with Gasteiger partial charge in [0.05, 0.1) is 4.47 Å². The molecule has 0 radical (unpaired) electrons.